The molecule has 0 spiro atoms. The van der Waals surface area contributed by atoms with Crippen LogP contribution in [0.2, 0.25) is 0 Å². The van der Waals surface area contributed by atoms with Crippen LogP contribution in [0.5, 0.6) is 0 Å². The predicted molar refractivity (Wildman–Crippen MR) is 68.4 cm³/mol. The molecule has 1 unspecified atom stereocenters. The zero-order valence-electron chi connectivity index (χ0n) is 9.76. The fourth-order valence-corrected chi connectivity index (χ4v) is 1.93. The van der Waals surface area contributed by atoms with E-state index < -0.39 is 10.1 Å². The molecule has 0 radical (unpaired) electrons. The molecule has 0 heterocycles. The standard InChI is InChI=1S/C12H17NO3S/c1-10(2)12(11-6-4-3-5-7-11)13-8-9-17(14,15)16/h3-7,12-13H,1,8-9H2,2H3,(H,14,15,16). The van der Waals surface area contributed by atoms with Crippen LogP contribution >= 0.6 is 0 Å². The van der Waals surface area contributed by atoms with E-state index in [2.05, 4.69) is 11.9 Å². The van der Waals surface area contributed by atoms with Crippen LogP contribution in [0.1, 0.15) is 18.5 Å². The van der Waals surface area contributed by atoms with E-state index >= 15 is 0 Å². The number of hydrogen-bond acceptors (Lipinski definition) is 3. The Hall–Kier alpha value is -1.17. The summed E-state index contributed by atoms with van der Waals surface area (Å²) in [4.78, 5) is 0. The maximum Gasteiger partial charge on any atom is 0.266 e. The first-order valence-electron chi connectivity index (χ1n) is 5.29. The lowest BCUT2D eigenvalue weighted by Crippen LogP contribution is -2.27. The Morgan fingerprint density at radius 2 is 2.00 bits per heavy atom. The summed E-state index contributed by atoms with van der Waals surface area (Å²) in [5.41, 5.74) is 1.92. The van der Waals surface area contributed by atoms with Crippen LogP contribution in [0.3, 0.4) is 0 Å². The van der Waals surface area contributed by atoms with Crippen LogP contribution in [-0.2, 0) is 10.1 Å². The second-order valence-corrected chi connectivity index (χ2v) is 5.50. The van der Waals surface area contributed by atoms with Crippen molar-refractivity contribution < 1.29 is 13.0 Å². The van der Waals surface area contributed by atoms with Crippen molar-refractivity contribution in [2.75, 3.05) is 12.3 Å². The van der Waals surface area contributed by atoms with Gasteiger partial charge in [-0.25, -0.2) is 0 Å². The van der Waals surface area contributed by atoms with E-state index in [0.717, 1.165) is 11.1 Å². The van der Waals surface area contributed by atoms with E-state index in [1.165, 1.54) is 0 Å². The highest BCUT2D eigenvalue weighted by Gasteiger charge is 2.12. The molecular formula is C12H17NO3S. The SMILES string of the molecule is C=C(C)C(NCCS(=O)(=O)O)c1ccccc1. The molecule has 17 heavy (non-hydrogen) atoms. The lowest BCUT2D eigenvalue weighted by molar-refractivity contribution is 0.478. The van der Waals surface area contributed by atoms with Crippen molar-refractivity contribution in [3.05, 3.63) is 48.0 Å². The van der Waals surface area contributed by atoms with Gasteiger partial charge in [-0.2, -0.15) is 8.42 Å². The van der Waals surface area contributed by atoms with Gasteiger partial charge in [0.25, 0.3) is 10.1 Å². The molecule has 1 atom stereocenters. The first-order valence-corrected chi connectivity index (χ1v) is 6.90. The largest absolute Gasteiger partial charge is 0.305 e. The maximum atomic E-state index is 10.6. The normalized spacial score (nSPS) is 13.3. The number of nitrogens with one attached hydrogen (secondary N) is 1. The van der Waals surface area contributed by atoms with Gasteiger partial charge in [-0.3, -0.25) is 4.55 Å². The third-order valence-electron chi connectivity index (χ3n) is 2.33. The van der Waals surface area contributed by atoms with Crippen molar-refractivity contribution in [1.82, 2.24) is 5.32 Å². The van der Waals surface area contributed by atoms with Gasteiger partial charge in [0.05, 0.1) is 11.8 Å². The van der Waals surface area contributed by atoms with Crippen LogP contribution in [0, 0.1) is 0 Å². The minimum absolute atomic E-state index is 0.0991. The molecule has 0 saturated carbocycles. The molecule has 0 fully saturated rings. The van der Waals surface area contributed by atoms with Crippen molar-refractivity contribution in [3.63, 3.8) is 0 Å². The summed E-state index contributed by atoms with van der Waals surface area (Å²) in [6, 6.07) is 9.53. The van der Waals surface area contributed by atoms with Crippen LogP contribution in [0.25, 0.3) is 0 Å². The van der Waals surface area contributed by atoms with Crippen molar-refractivity contribution in [1.29, 1.82) is 0 Å². The Labute approximate surface area is 102 Å². The molecule has 0 aliphatic carbocycles. The Morgan fingerprint density at radius 3 is 2.47 bits per heavy atom. The van der Waals surface area contributed by atoms with Gasteiger partial charge in [0, 0.05) is 6.54 Å². The summed E-state index contributed by atoms with van der Waals surface area (Å²) in [7, 11) is -3.92. The number of hydrogen-bond donors (Lipinski definition) is 2. The van der Waals surface area contributed by atoms with Crippen LogP contribution in [-0.4, -0.2) is 25.3 Å². The quantitative estimate of drug-likeness (QED) is 0.600. The lowest BCUT2D eigenvalue weighted by atomic mass is 10.0. The Morgan fingerprint density at radius 1 is 1.41 bits per heavy atom. The van der Waals surface area contributed by atoms with Gasteiger partial charge in [0.1, 0.15) is 0 Å². The van der Waals surface area contributed by atoms with Crippen molar-refractivity contribution in [2.24, 2.45) is 0 Å². The third kappa shape index (κ3) is 5.12. The second kappa shape index (κ2) is 5.95. The summed E-state index contributed by atoms with van der Waals surface area (Å²) in [6.07, 6.45) is 0. The number of benzene rings is 1. The van der Waals surface area contributed by atoms with Gasteiger partial charge in [-0.05, 0) is 12.5 Å². The Balaban J connectivity index is 2.66. The molecule has 0 aromatic heterocycles. The van der Waals surface area contributed by atoms with E-state index in [1.807, 2.05) is 37.3 Å². The van der Waals surface area contributed by atoms with Crippen LogP contribution in [0.15, 0.2) is 42.5 Å². The molecule has 0 aliphatic heterocycles. The zero-order chi connectivity index (χ0) is 12.9. The van der Waals surface area contributed by atoms with E-state index in [-0.39, 0.29) is 18.3 Å². The summed E-state index contributed by atoms with van der Waals surface area (Å²) < 4.78 is 29.9. The van der Waals surface area contributed by atoms with Crippen molar-refractivity contribution >= 4 is 10.1 Å². The predicted octanol–water partition coefficient (Wildman–Crippen LogP) is 1.78. The molecular weight excluding hydrogens is 238 g/mol. The van der Waals surface area contributed by atoms with Crippen molar-refractivity contribution in [2.45, 2.75) is 13.0 Å². The molecule has 4 nitrogen and oxygen atoms in total. The molecule has 2 N–H and O–H groups in total. The molecule has 1 aromatic rings. The van der Waals surface area contributed by atoms with Gasteiger partial charge in [-0.15, -0.1) is 0 Å². The molecule has 1 aromatic carbocycles. The minimum Gasteiger partial charge on any atom is -0.305 e. The maximum absolute atomic E-state index is 10.6. The fourth-order valence-electron chi connectivity index (χ4n) is 1.55. The summed E-state index contributed by atoms with van der Waals surface area (Å²) in [5, 5.41) is 3.05. The van der Waals surface area contributed by atoms with Crippen molar-refractivity contribution in [3.8, 4) is 0 Å². The van der Waals surface area contributed by atoms with Crippen LogP contribution in [0.4, 0.5) is 0 Å². The Bertz CT molecular complexity index is 468. The summed E-state index contributed by atoms with van der Waals surface area (Å²) >= 11 is 0. The lowest BCUT2D eigenvalue weighted by Gasteiger charge is -2.19. The van der Waals surface area contributed by atoms with Gasteiger partial charge < -0.3 is 5.32 Å². The highest BCUT2D eigenvalue weighted by molar-refractivity contribution is 7.85. The van der Waals surface area contributed by atoms with E-state index in [4.69, 9.17) is 4.55 Å². The molecule has 94 valence electrons. The Kier molecular flexibility index (Phi) is 4.86. The van der Waals surface area contributed by atoms with Gasteiger partial charge in [0.15, 0.2) is 0 Å². The van der Waals surface area contributed by atoms with E-state index in [9.17, 15) is 8.42 Å². The third-order valence-corrected chi connectivity index (χ3v) is 3.05. The first kappa shape index (κ1) is 13.9. The van der Waals surface area contributed by atoms with Crippen LogP contribution < -0.4 is 5.32 Å². The highest BCUT2D eigenvalue weighted by atomic mass is 32.2. The van der Waals surface area contributed by atoms with E-state index in [1.54, 1.807) is 0 Å². The molecule has 0 saturated heterocycles. The fraction of sp³-hybridized carbons (Fsp3) is 0.333. The molecule has 0 amide bonds. The summed E-state index contributed by atoms with van der Waals surface area (Å²) in [6.45, 7) is 5.93. The highest BCUT2D eigenvalue weighted by Crippen LogP contribution is 2.19. The van der Waals surface area contributed by atoms with Gasteiger partial charge in [-0.1, -0.05) is 42.5 Å². The average Bonchev–Trinajstić information content (AvgIpc) is 2.23. The summed E-state index contributed by atoms with van der Waals surface area (Å²) in [5.74, 6) is -0.302. The number of rotatable bonds is 6. The van der Waals surface area contributed by atoms with Gasteiger partial charge >= 0.3 is 0 Å². The molecule has 5 heteroatoms. The molecule has 0 aliphatic rings. The average molecular weight is 255 g/mol. The molecule has 0 bridgehead atoms. The second-order valence-electron chi connectivity index (χ2n) is 3.93. The van der Waals surface area contributed by atoms with E-state index in [0.29, 0.717) is 0 Å². The minimum atomic E-state index is -3.92. The monoisotopic (exact) mass is 255 g/mol. The topological polar surface area (TPSA) is 66.4 Å². The first-order chi connectivity index (χ1) is 7.90. The smallest absolute Gasteiger partial charge is 0.266 e. The molecule has 1 rings (SSSR count). The van der Waals surface area contributed by atoms with Gasteiger partial charge in [0.2, 0.25) is 0 Å². The zero-order valence-corrected chi connectivity index (χ0v) is 10.6.